The fourth-order valence-corrected chi connectivity index (χ4v) is 2.23. The third-order valence-electron chi connectivity index (χ3n) is 3.03. The van der Waals surface area contributed by atoms with Gasteiger partial charge in [-0.1, -0.05) is 23.2 Å². The summed E-state index contributed by atoms with van der Waals surface area (Å²) >= 11 is 11.7. The fraction of sp³-hybridized carbons (Fsp3) is 0.125. The minimum Gasteiger partial charge on any atom is -0.449 e. The van der Waals surface area contributed by atoms with Gasteiger partial charge in [0.15, 0.2) is 6.10 Å². The molecule has 26 heavy (non-hydrogen) atoms. The maximum absolute atomic E-state index is 12.0. The normalized spacial score (nSPS) is 12.0. The number of nitrogens with zero attached hydrogens (tertiary/aromatic N) is 1. The van der Waals surface area contributed by atoms with Crippen LogP contribution in [0.4, 0.5) is 11.6 Å². The number of anilines is 1. The van der Waals surface area contributed by atoms with Crippen LogP contribution in [0.2, 0.25) is 10.0 Å². The lowest BCUT2D eigenvalue weighted by Crippen LogP contribution is -2.29. The van der Waals surface area contributed by atoms with Gasteiger partial charge in [-0.3, -0.25) is 14.9 Å². The molecule has 0 saturated carbocycles. The van der Waals surface area contributed by atoms with Gasteiger partial charge in [0, 0.05) is 11.1 Å². The molecule has 8 nitrogen and oxygen atoms in total. The van der Waals surface area contributed by atoms with Crippen molar-refractivity contribution in [3.63, 3.8) is 0 Å². The first-order valence-corrected chi connectivity index (χ1v) is 7.90. The van der Waals surface area contributed by atoms with Crippen molar-refractivity contribution in [2.45, 2.75) is 13.0 Å². The van der Waals surface area contributed by atoms with Gasteiger partial charge in [-0.15, -0.1) is 0 Å². The summed E-state index contributed by atoms with van der Waals surface area (Å²) in [7, 11) is 0. The maximum Gasteiger partial charge on any atom is 0.433 e. The Labute approximate surface area is 157 Å². The molecular formula is C16H12Cl2N2O6. The molecule has 2 rings (SSSR count). The highest BCUT2D eigenvalue weighted by Crippen LogP contribution is 2.25. The van der Waals surface area contributed by atoms with Crippen molar-refractivity contribution in [3.05, 3.63) is 62.3 Å². The van der Waals surface area contributed by atoms with E-state index in [1.54, 1.807) is 6.07 Å². The van der Waals surface area contributed by atoms with Crippen molar-refractivity contribution in [3.8, 4) is 0 Å². The van der Waals surface area contributed by atoms with Crippen molar-refractivity contribution in [2.24, 2.45) is 0 Å². The van der Waals surface area contributed by atoms with Crippen molar-refractivity contribution < 1.29 is 23.7 Å². The smallest absolute Gasteiger partial charge is 0.433 e. The Morgan fingerprint density at radius 3 is 2.65 bits per heavy atom. The molecule has 1 heterocycles. The highest BCUT2D eigenvalue weighted by molar-refractivity contribution is 6.36. The Morgan fingerprint density at radius 2 is 2.04 bits per heavy atom. The Bertz CT molecular complexity index is 877. The number of ether oxygens (including phenoxy) is 1. The Hall–Kier alpha value is -2.84. The summed E-state index contributed by atoms with van der Waals surface area (Å²) in [5.41, 5.74) is 0.322. The van der Waals surface area contributed by atoms with Gasteiger partial charge in [0.25, 0.3) is 5.91 Å². The van der Waals surface area contributed by atoms with E-state index in [9.17, 15) is 19.7 Å². The van der Waals surface area contributed by atoms with Gasteiger partial charge in [-0.05, 0) is 37.3 Å². The third-order valence-corrected chi connectivity index (χ3v) is 3.58. The van der Waals surface area contributed by atoms with Crippen LogP contribution in [0.3, 0.4) is 0 Å². The lowest BCUT2D eigenvalue weighted by Gasteiger charge is -2.13. The summed E-state index contributed by atoms with van der Waals surface area (Å²) in [4.78, 5) is 33.6. The topological polar surface area (TPSA) is 112 Å². The van der Waals surface area contributed by atoms with Gasteiger partial charge in [0.05, 0.1) is 16.8 Å². The zero-order valence-corrected chi connectivity index (χ0v) is 14.8. The number of carbonyl (C=O) groups excluding carboxylic acids is 2. The second-order valence-electron chi connectivity index (χ2n) is 4.96. The number of hydrogen-bond donors (Lipinski definition) is 1. The monoisotopic (exact) mass is 398 g/mol. The average Bonchev–Trinajstić information content (AvgIpc) is 3.04. The molecule has 1 amide bonds. The molecule has 0 aliphatic rings. The van der Waals surface area contributed by atoms with Crippen molar-refractivity contribution in [2.75, 3.05) is 5.32 Å². The first-order chi connectivity index (χ1) is 12.3. The zero-order valence-electron chi connectivity index (χ0n) is 13.3. The number of amides is 1. The summed E-state index contributed by atoms with van der Waals surface area (Å²) in [6.45, 7) is 1.38. The molecule has 136 valence electrons. The number of hydrogen-bond acceptors (Lipinski definition) is 6. The van der Waals surface area contributed by atoms with Gasteiger partial charge < -0.3 is 14.5 Å². The van der Waals surface area contributed by atoms with Crippen LogP contribution >= 0.6 is 23.2 Å². The summed E-state index contributed by atoms with van der Waals surface area (Å²) in [5.74, 6) is -1.78. The first-order valence-electron chi connectivity index (χ1n) is 7.15. The predicted octanol–water partition coefficient (Wildman–Crippen LogP) is 4.08. The molecule has 1 atom stereocenters. The SMILES string of the molecule is C[C@H](OC(=O)/C=C/c1ccc([N+](=O)[O-])o1)C(=O)Nc1ccc(Cl)cc1Cl. The molecule has 0 radical (unpaired) electrons. The van der Waals surface area contributed by atoms with Gasteiger partial charge in [0.1, 0.15) is 10.7 Å². The molecule has 1 aromatic heterocycles. The molecule has 0 spiro atoms. The maximum atomic E-state index is 12.0. The quantitative estimate of drug-likeness (QED) is 0.339. The van der Waals surface area contributed by atoms with Gasteiger partial charge >= 0.3 is 11.9 Å². The summed E-state index contributed by atoms with van der Waals surface area (Å²) in [5, 5.41) is 13.7. The van der Waals surface area contributed by atoms with Gasteiger partial charge in [0.2, 0.25) is 0 Å². The number of nitro groups is 1. The summed E-state index contributed by atoms with van der Waals surface area (Å²) in [6.07, 6.45) is 1.07. The molecule has 1 N–H and O–H groups in total. The van der Waals surface area contributed by atoms with Crippen molar-refractivity contribution in [1.82, 2.24) is 0 Å². The molecule has 2 aromatic rings. The zero-order chi connectivity index (χ0) is 19.3. The van der Waals surface area contributed by atoms with Crippen LogP contribution in [0, 0.1) is 10.1 Å². The molecule has 0 bridgehead atoms. The van der Waals surface area contributed by atoms with E-state index in [-0.39, 0.29) is 10.8 Å². The van der Waals surface area contributed by atoms with Crippen LogP contribution in [-0.4, -0.2) is 22.9 Å². The Balaban J connectivity index is 1.91. The van der Waals surface area contributed by atoms with E-state index < -0.39 is 28.8 Å². The number of benzene rings is 1. The number of rotatable bonds is 6. The van der Waals surface area contributed by atoms with Crippen molar-refractivity contribution in [1.29, 1.82) is 0 Å². The van der Waals surface area contributed by atoms with E-state index in [0.717, 1.165) is 12.1 Å². The van der Waals surface area contributed by atoms with E-state index in [1.165, 1.54) is 31.2 Å². The van der Waals surface area contributed by atoms with Crippen LogP contribution in [0.25, 0.3) is 6.08 Å². The summed E-state index contributed by atoms with van der Waals surface area (Å²) in [6, 6.07) is 6.99. The molecule has 0 aliphatic carbocycles. The Kier molecular flexibility index (Phi) is 6.37. The van der Waals surface area contributed by atoms with E-state index in [0.29, 0.717) is 10.7 Å². The Morgan fingerprint density at radius 1 is 1.31 bits per heavy atom. The largest absolute Gasteiger partial charge is 0.449 e. The fourth-order valence-electron chi connectivity index (χ4n) is 1.77. The van der Waals surface area contributed by atoms with Crippen LogP contribution in [0.5, 0.6) is 0 Å². The highest BCUT2D eigenvalue weighted by Gasteiger charge is 2.18. The minimum atomic E-state index is -1.11. The minimum absolute atomic E-state index is 0.0960. The van der Waals surface area contributed by atoms with E-state index in [4.69, 9.17) is 32.4 Å². The van der Waals surface area contributed by atoms with Gasteiger partial charge in [-0.25, -0.2) is 4.79 Å². The second-order valence-corrected chi connectivity index (χ2v) is 5.80. The molecule has 0 unspecified atom stereocenters. The standard InChI is InChI=1S/C16H12Cl2N2O6/c1-9(16(22)19-13-5-2-10(17)8-12(13)18)25-15(21)7-4-11-3-6-14(26-11)20(23)24/h2-9H,1H3,(H,19,22)/b7-4+/t9-/m0/s1. The van der Waals surface area contributed by atoms with E-state index in [1.807, 2.05) is 0 Å². The lowest BCUT2D eigenvalue weighted by atomic mass is 10.3. The van der Waals surface area contributed by atoms with Crippen LogP contribution in [0.1, 0.15) is 12.7 Å². The van der Waals surface area contributed by atoms with E-state index >= 15 is 0 Å². The molecule has 0 aliphatic heterocycles. The number of esters is 1. The third kappa shape index (κ3) is 5.33. The van der Waals surface area contributed by atoms with Gasteiger partial charge in [-0.2, -0.15) is 0 Å². The van der Waals surface area contributed by atoms with E-state index in [2.05, 4.69) is 5.32 Å². The number of halogens is 2. The molecular weight excluding hydrogens is 387 g/mol. The van der Waals surface area contributed by atoms with Crippen molar-refractivity contribution >= 4 is 52.7 Å². The molecule has 0 fully saturated rings. The highest BCUT2D eigenvalue weighted by atomic mass is 35.5. The average molecular weight is 399 g/mol. The first kappa shape index (κ1) is 19.5. The molecule has 1 aromatic carbocycles. The number of nitrogens with one attached hydrogen (secondary N) is 1. The van der Waals surface area contributed by atoms with Crippen LogP contribution in [-0.2, 0) is 14.3 Å². The summed E-state index contributed by atoms with van der Waals surface area (Å²) < 4.78 is 9.79. The van der Waals surface area contributed by atoms with Crippen LogP contribution < -0.4 is 5.32 Å². The second kappa shape index (κ2) is 8.50. The van der Waals surface area contributed by atoms with Crippen LogP contribution in [0.15, 0.2) is 40.8 Å². The number of carbonyl (C=O) groups is 2. The molecule has 0 saturated heterocycles. The number of furan rings is 1. The lowest BCUT2D eigenvalue weighted by molar-refractivity contribution is -0.402. The molecule has 10 heteroatoms. The predicted molar refractivity (Wildman–Crippen MR) is 95.0 cm³/mol.